The third-order valence-electron chi connectivity index (χ3n) is 3.44. The molecule has 5 heteroatoms. The first-order chi connectivity index (χ1) is 11.1. The molecule has 3 rings (SSSR count). The number of rotatable bonds is 4. The zero-order valence-corrected chi connectivity index (χ0v) is 13.8. The summed E-state index contributed by atoms with van der Waals surface area (Å²) in [6, 6.07) is 15.5. The van der Waals surface area contributed by atoms with Crippen LogP contribution in [0, 0.1) is 6.92 Å². The molecule has 1 heterocycles. The highest BCUT2D eigenvalue weighted by Gasteiger charge is 2.02. The van der Waals surface area contributed by atoms with Crippen molar-refractivity contribution in [2.45, 2.75) is 11.8 Å². The predicted octanol–water partition coefficient (Wildman–Crippen LogP) is 3.54. The van der Waals surface area contributed by atoms with Crippen molar-refractivity contribution >= 4 is 17.2 Å². The van der Waals surface area contributed by atoms with Crippen LogP contribution in [-0.2, 0) is 18.0 Å². The van der Waals surface area contributed by atoms with Gasteiger partial charge >= 0.3 is 0 Å². The second-order valence-electron chi connectivity index (χ2n) is 5.32. The summed E-state index contributed by atoms with van der Waals surface area (Å²) in [6.45, 7) is 2.00. The van der Waals surface area contributed by atoms with Crippen LogP contribution in [0.15, 0.2) is 70.2 Å². The van der Waals surface area contributed by atoms with E-state index in [0.29, 0.717) is 4.90 Å². The minimum atomic E-state index is -1.39. The van der Waals surface area contributed by atoms with Crippen molar-refractivity contribution in [2.24, 2.45) is 11.4 Å². The maximum atomic E-state index is 12.2. The highest BCUT2D eigenvalue weighted by molar-refractivity contribution is 7.83. The molecule has 0 unspecified atom stereocenters. The Balaban J connectivity index is 1.80. The van der Waals surface area contributed by atoms with Crippen LogP contribution in [0.4, 0.5) is 0 Å². The van der Waals surface area contributed by atoms with E-state index >= 15 is 0 Å². The lowest BCUT2D eigenvalue weighted by molar-refractivity contribution is 0.684. The first-order valence-electron chi connectivity index (χ1n) is 7.23. The molecule has 0 saturated carbocycles. The zero-order valence-electron chi connectivity index (χ0n) is 13.0. The number of hydrogen-bond donors (Lipinski definition) is 0. The molecule has 0 saturated heterocycles. The number of hydrogen-bond acceptors (Lipinski definition) is 2. The number of nitrogens with zero attached hydrogens (tertiary/aromatic N) is 3. The Bertz CT molecular complexity index is 866. The van der Waals surface area contributed by atoms with Gasteiger partial charge in [0.2, 0.25) is 0 Å². The van der Waals surface area contributed by atoms with Crippen molar-refractivity contribution in [2.75, 3.05) is 0 Å². The fourth-order valence-corrected chi connectivity index (χ4v) is 2.90. The molecule has 0 amide bonds. The first-order valence-corrected chi connectivity index (χ1v) is 8.34. The highest BCUT2D eigenvalue weighted by atomic mass is 32.2. The van der Waals surface area contributed by atoms with Gasteiger partial charge in [0.1, 0.15) is 0 Å². The first kappa shape index (κ1) is 15.4. The molecule has 0 N–H and O–H groups in total. The van der Waals surface area contributed by atoms with Crippen molar-refractivity contribution in [1.29, 1.82) is 0 Å². The molecule has 0 bridgehead atoms. The monoisotopic (exact) mass is 323 g/mol. The Kier molecular flexibility index (Phi) is 4.48. The lowest BCUT2D eigenvalue weighted by Crippen LogP contribution is -1.90. The lowest BCUT2D eigenvalue weighted by Gasteiger charge is -2.00. The van der Waals surface area contributed by atoms with Gasteiger partial charge in [-0.3, -0.25) is 4.68 Å². The van der Waals surface area contributed by atoms with Crippen LogP contribution in [0.3, 0.4) is 0 Å². The zero-order chi connectivity index (χ0) is 16.2. The molecular weight excluding hydrogens is 306 g/mol. The Hall–Kier alpha value is -2.53. The van der Waals surface area contributed by atoms with E-state index in [9.17, 15) is 4.21 Å². The Morgan fingerprint density at radius 2 is 1.91 bits per heavy atom. The van der Waals surface area contributed by atoms with Crippen LogP contribution in [0.25, 0.3) is 11.1 Å². The summed E-state index contributed by atoms with van der Waals surface area (Å²) >= 11 is 0. The normalized spacial score (nSPS) is 12.6. The number of aryl methyl sites for hydroxylation is 2. The molecule has 3 aromatic rings. The van der Waals surface area contributed by atoms with E-state index in [1.165, 1.54) is 0 Å². The second kappa shape index (κ2) is 6.71. The summed E-state index contributed by atoms with van der Waals surface area (Å²) in [7, 11) is 0.502. The van der Waals surface area contributed by atoms with Crippen LogP contribution in [0.2, 0.25) is 0 Å². The molecular formula is C18H17N3OS. The maximum absolute atomic E-state index is 12.2. The number of benzene rings is 2. The van der Waals surface area contributed by atoms with Gasteiger partial charge in [0.15, 0.2) is 11.0 Å². The molecule has 0 aliphatic heterocycles. The van der Waals surface area contributed by atoms with E-state index in [0.717, 1.165) is 22.3 Å². The highest BCUT2D eigenvalue weighted by Crippen LogP contribution is 2.19. The van der Waals surface area contributed by atoms with Crippen LogP contribution >= 0.6 is 0 Å². The Morgan fingerprint density at radius 1 is 1.13 bits per heavy atom. The summed E-state index contributed by atoms with van der Waals surface area (Å²) in [6.07, 6.45) is 5.43. The van der Waals surface area contributed by atoms with Crippen LogP contribution < -0.4 is 0 Å². The summed E-state index contributed by atoms with van der Waals surface area (Å²) in [5.74, 6) is 0. The Morgan fingerprint density at radius 3 is 2.61 bits per heavy atom. The SMILES string of the molecule is Cc1ccc([S@@](=O)/N=C/c2cccc(-c3cnn(C)c3)c2)cc1. The fraction of sp³-hybridized carbons (Fsp3) is 0.111. The van der Waals surface area contributed by atoms with Gasteiger partial charge in [0, 0.05) is 25.0 Å². The van der Waals surface area contributed by atoms with Gasteiger partial charge in [-0.1, -0.05) is 35.9 Å². The third kappa shape index (κ3) is 3.81. The molecule has 0 aliphatic rings. The van der Waals surface area contributed by atoms with Gasteiger partial charge in [-0.25, -0.2) is 4.21 Å². The molecule has 1 aromatic heterocycles. The van der Waals surface area contributed by atoms with Gasteiger partial charge in [-0.2, -0.15) is 9.50 Å². The van der Waals surface area contributed by atoms with Gasteiger partial charge in [0.25, 0.3) is 0 Å². The van der Waals surface area contributed by atoms with E-state index < -0.39 is 11.0 Å². The second-order valence-corrected chi connectivity index (χ2v) is 6.51. The summed E-state index contributed by atoms with van der Waals surface area (Å²) in [5, 5.41) is 4.18. The molecule has 23 heavy (non-hydrogen) atoms. The van der Waals surface area contributed by atoms with Gasteiger partial charge in [-0.05, 0) is 36.2 Å². The molecule has 0 aliphatic carbocycles. The predicted molar refractivity (Wildman–Crippen MR) is 93.8 cm³/mol. The number of aromatic nitrogens is 2. The van der Waals surface area contributed by atoms with Gasteiger partial charge in [-0.15, -0.1) is 0 Å². The van der Waals surface area contributed by atoms with E-state index in [2.05, 4.69) is 9.50 Å². The summed E-state index contributed by atoms with van der Waals surface area (Å²) < 4.78 is 18.1. The lowest BCUT2D eigenvalue weighted by atomic mass is 10.1. The van der Waals surface area contributed by atoms with Crippen LogP contribution in [0.5, 0.6) is 0 Å². The maximum Gasteiger partial charge on any atom is 0.172 e. The minimum Gasteiger partial charge on any atom is -0.275 e. The molecule has 1 atom stereocenters. The topological polar surface area (TPSA) is 47.2 Å². The quantitative estimate of drug-likeness (QED) is 0.690. The van der Waals surface area contributed by atoms with Crippen molar-refractivity contribution in [3.05, 3.63) is 72.1 Å². The van der Waals surface area contributed by atoms with E-state index in [1.807, 2.05) is 74.9 Å². The minimum absolute atomic E-state index is 0.704. The molecule has 0 radical (unpaired) electrons. The van der Waals surface area contributed by atoms with Crippen LogP contribution in [0.1, 0.15) is 11.1 Å². The summed E-state index contributed by atoms with van der Waals surface area (Å²) in [4.78, 5) is 0.704. The largest absolute Gasteiger partial charge is 0.275 e. The van der Waals surface area contributed by atoms with E-state index in [4.69, 9.17) is 0 Å². The smallest absolute Gasteiger partial charge is 0.172 e. The van der Waals surface area contributed by atoms with Gasteiger partial charge < -0.3 is 0 Å². The van der Waals surface area contributed by atoms with Gasteiger partial charge in [0.05, 0.1) is 11.1 Å². The molecule has 4 nitrogen and oxygen atoms in total. The Labute approximate surface area is 138 Å². The molecule has 0 fully saturated rings. The average molecular weight is 323 g/mol. The standard InChI is InChI=1S/C18H17N3OS/c1-14-6-8-18(9-7-14)23(22)20-11-15-4-3-5-16(10-15)17-12-19-21(2)13-17/h3-13H,1-2H3/b20-11+/t23-/m1/s1. The molecule has 116 valence electrons. The summed E-state index contributed by atoms with van der Waals surface area (Å²) in [5.41, 5.74) is 4.15. The average Bonchev–Trinajstić information content (AvgIpc) is 3.00. The molecule has 0 spiro atoms. The van der Waals surface area contributed by atoms with Crippen LogP contribution in [-0.4, -0.2) is 20.2 Å². The fourth-order valence-electron chi connectivity index (χ4n) is 2.19. The van der Waals surface area contributed by atoms with Crippen molar-refractivity contribution in [3.63, 3.8) is 0 Å². The third-order valence-corrected chi connectivity index (χ3v) is 4.42. The van der Waals surface area contributed by atoms with Crippen molar-refractivity contribution in [1.82, 2.24) is 9.78 Å². The van der Waals surface area contributed by atoms with E-state index in [-0.39, 0.29) is 0 Å². The van der Waals surface area contributed by atoms with Crippen molar-refractivity contribution in [3.8, 4) is 11.1 Å². The van der Waals surface area contributed by atoms with Crippen molar-refractivity contribution < 1.29 is 4.21 Å². The van der Waals surface area contributed by atoms with E-state index in [1.54, 1.807) is 10.9 Å². The molecule has 2 aromatic carbocycles.